The van der Waals surface area contributed by atoms with Gasteiger partial charge in [0.2, 0.25) is 0 Å². The third kappa shape index (κ3) is 3.08. The molecule has 1 heterocycles. The summed E-state index contributed by atoms with van der Waals surface area (Å²) in [6, 6.07) is 10.4. The van der Waals surface area contributed by atoms with Crippen LogP contribution in [0.1, 0.15) is 44.7 Å². The maximum atomic E-state index is 6.31. The van der Waals surface area contributed by atoms with Crippen LogP contribution in [0, 0.1) is 5.92 Å². The summed E-state index contributed by atoms with van der Waals surface area (Å²) in [5, 5.41) is 1.18. The van der Waals surface area contributed by atoms with Crippen molar-refractivity contribution in [1.82, 2.24) is 4.98 Å². The van der Waals surface area contributed by atoms with Gasteiger partial charge in [0.25, 0.3) is 0 Å². The molecule has 0 amide bonds. The number of hydrogen-bond acceptors (Lipinski definition) is 2. The highest BCUT2D eigenvalue weighted by Crippen LogP contribution is 2.24. The Labute approximate surface area is 109 Å². The molecule has 0 bridgehead atoms. The van der Waals surface area contributed by atoms with Gasteiger partial charge in [-0.25, -0.2) is 0 Å². The Bertz CT molecular complexity index is 500. The van der Waals surface area contributed by atoms with Crippen LogP contribution in [0.2, 0.25) is 0 Å². The Kier molecular flexibility index (Phi) is 4.32. The van der Waals surface area contributed by atoms with Crippen molar-refractivity contribution in [3.63, 3.8) is 0 Å². The van der Waals surface area contributed by atoms with Gasteiger partial charge >= 0.3 is 0 Å². The smallest absolute Gasteiger partial charge is 0.0749 e. The lowest BCUT2D eigenvalue weighted by Crippen LogP contribution is -2.11. The SMILES string of the molecule is CC(C)CCCC(N)c1cccc2cccnc12. The predicted octanol–water partition coefficient (Wildman–Crippen LogP) is 4.06. The van der Waals surface area contributed by atoms with Crippen molar-refractivity contribution < 1.29 is 0 Å². The normalized spacial score (nSPS) is 13.1. The summed E-state index contributed by atoms with van der Waals surface area (Å²) in [5.74, 6) is 0.753. The van der Waals surface area contributed by atoms with E-state index in [0.29, 0.717) is 0 Å². The highest BCUT2D eigenvalue weighted by molar-refractivity contribution is 5.81. The van der Waals surface area contributed by atoms with Crippen LogP contribution >= 0.6 is 0 Å². The fourth-order valence-corrected chi connectivity index (χ4v) is 2.33. The molecule has 2 N–H and O–H groups in total. The fraction of sp³-hybridized carbons (Fsp3) is 0.438. The van der Waals surface area contributed by atoms with Crippen LogP contribution in [0.25, 0.3) is 10.9 Å². The molecule has 1 unspecified atom stereocenters. The van der Waals surface area contributed by atoms with Crippen LogP contribution in [0.15, 0.2) is 36.5 Å². The first-order valence-electron chi connectivity index (χ1n) is 6.77. The zero-order chi connectivity index (χ0) is 13.0. The minimum atomic E-state index is 0.0994. The van der Waals surface area contributed by atoms with Crippen LogP contribution in [-0.2, 0) is 0 Å². The maximum Gasteiger partial charge on any atom is 0.0749 e. The lowest BCUT2D eigenvalue weighted by molar-refractivity contribution is 0.506. The van der Waals surface area contributed by atoms with Crippen LogP contribution in [-0.4, -0.2) is 4.98 Å². The fourth-order valence-electron chi connectivity index (χ4n) is 2.33. The van der Waals surface area contributed by atoms with E-state index in [1.165, 1.54) is 23.8 Å². The molecule has 2 rings (SSSR count). The highest BCUT2D eigenvalue weighted by atomic mass is 14.7. The Morgan fingerprint density at radius 1 is 1.11 bits per heavy atom. The molecule has 0 aliphatic carbocycles. The number of pyridine rings is 1. The number of hydrogen-bond donors (Lipinski definition) is 1. The predicted molar refractivity (Wildman–Crippen MR) is 77.4 cm³/mol. The number of fused-ring (bicyclic) bond motifs is 1. The summed E-state index contributed by atoms with van der Waals surface area (Å²) in [6.45, 7) is 4.51. The quantitative estimate of drug-likeness (QED) is 0.858. The van der Waals surface area contributed by atoms with E-state index in [9.17, 15) is 0 Å². The lowest BCUT2D eigenvalue weighted by Gasteiger charge is -2.14. The Morgan fingerprint density at radius 3 is 2.67 bits per heavy atom. The van der Waals surface area contributed by atoms with Crippen molar-refractivity contribution in [2.24, 2.45) is 11.7 Å². The standard InChI is InChI=1S/C16H22N2/c1-12(2)6-3-10-15(17)14-9-4-7-13-8-5-11-18-16(13)14/h4-5,7-9,11-12,15H,3,6,10,17H2,1-2H3. The van der Waals surface area contributed by atoms with Crippen LogP contribution in [0.4, 0.5) is 0 Å². The van der Waals surface area contributed by atoms with E-state index >= 15 is 0 Å². The van der Waals surface area contributed by atoms with Gasteiger partial charge in [0.1, 0.15) is 0 Å². The Hall–Kier alpha value is -1.41. The molecule has 2 heteroatoms. The van der Waals surface area contributed by atoms with E-state index in [-0.39, 0.29) is 6.04 Å². The molecule has 18 heavy (non-hydrogen) atoms. The number of rotatable bonds is 5. The molecule has 0 spiro atoms. The van der Waals surface area contributed by atoms with Gasteiger partial charge in [-0.3, -0.25) is 4.98 Å². The number of nitrogens with two attached hydrogens (primary N) is 1. The largest absolute Gasteiger partial charge is 0.324 e. The number of benzene rings is 1. The molecule has 2 aromatic rings. The van der Waals surface area contributed by atoms with Crippen molar-refractivity contribution in [3.8, 4) is 0 Å². The van der Waals surface area contributed by atoms with E-state index in [1.54, 1.807) is 0 Å². The van der Waals surface area contributed by atoms with Crippen molar-refractivity contribution in [2.45, 2.75) is 39.2 Å². The summed E-state index contributed by atoms with van der Waals surface area (Å²) in [4.78, 5) is 4.47. The van der Waals surface area contributed by atoms with Crippen molar-refractivity contribution >= 4 is 10.9 Å². The highest BCUT2D eigenvalue weighted by Gasteiger charge is 2.10. The summed E-state index contributed by atoms with van der Waals surface area (Å²) < 4.78 is 0. The number of nitrogens with zero attached hydrogens (tertiary/aromatic N) is 1. The first-order valence-corrected chi connectivity index (χ1v) is 6.77. The molecule has 0 saturated heterocycles. The van der Waals surface area contributed by atoms with E-state index in [4.69, 9.17) is 5.73 Å². The van der Waals surface area contributed by atoms with Gasteiger partial charge in [0, 0.05) is 17.6 Å². The summed E-state index contributed by atoms with van der Waals surface area (Å²) >= 11 is 0. The molecule has 0 saturated carbocycles. The molecule has 0 aliphatic heterocycles. The first-order chi connectivity index (χ1) is 8.68. The summed E-state index contributed by atoms with van der Waals surface area (Å²) in [5.41, 5.74) is 8.54. The Morgan fingerprint density at radius 2 is 1.89 bits per heavy atom. The zero-order valence-corrected chi connectivity index (χ0v) is 11.3. The minimum Gasteiger partial charge on any atom is -0.324 e. The van der Waals surface area contributed by atoms with Crippen LogP contribution < -0.4 is 5.73 Å². The number of para-hydroxylation sites is 1. The topological polar surface area (TPSA) is 38.9 Å². The van der Waals surface area contributed by atoms with E-state index < -0.39 is 0 Å². The average molecular weight is 242 g/mol. The zero-order valence-electron chi connectivity index (χ0n) is 11.3. The van der Waals surface area contributed by atoms with Gasteiger partial charge in [-0.05, 0) is 24.0 Å². The molecule has 1 aromatic carbocycles. The first kappa shape index (κ1) is 13.0. The lowest BCUT2D eigenvalue weighted by atomic mass is 9.97. The van der Waals surface area contributed by atoms with Gasteiger partial charge in [0.05, 0.1) is 5.52 Å². The van der Waals surface area contributed by atoms with E-state index in [2.05, 4.69) is 43.1 Å². The summed E-state index contributed by atoms with van der Waals surface area (Å²) in [7, 11) is 0. The van der Waals surface area contributed by atoms with Crippen LogP contribution in [0.3, 0.4) is 0 Å². The molecule has 96 valence electrons. The Balaban J connectivity index is 2.15. The second kappa shape index (κ2) is 5.96. The second-order valence-electron chi connectivity index (χ2n) is 5.35. The molecular weight excluding hydrogens is 220 g/mol. The molecule has 2 nitrogen and oxygen atoms in total. The summed E-state index contributed by atoms with van der Waals surface area (Å²) in [6.07, 6.45) is 5.30. The van der Waals surface area contributed by atoms with Crippen molar-refractivity contribution in [3.05, 3.63) is 42.1 Å². The molecule has 0 radical (unpaired) electrons. The van der Waals surface area contributed by atoms with Gasteiger partial charge in [0.15, 0.2) is 0 Å². The third-order valence-electron chi connectivity index (χ3n) is 3.36. The molecule has 0 fully saturated rings. The minimum absolute atomic E-state index is 0.0994. The van der Waals surface area contributed by atoms with Gasteiger partial charge in [-0.1, -0.05) is 51.0 Å². The molecule has 1 atom stereocenters. The van der Waals surface area contributed by atoms with Crippen LogP contribution in [0.5, 0.6) is 0 Å². The van der Waals surface area contributed by atoms with Gasteiger partial charge in [-0.15, -0.1) is 0 Å². The molecular formula is C16H22N2. The third-order valence-corrected chi connectivity index (χ3v) is 3.36. The monoisotopic (exact) mass is 242 g/mol. The van der Waals surface area contributed by atoms with Gasteiger partial charge < -0.3 is 5.73 Å². The average Bonchev–Trinajstić information content (AvgIpc) is 2.37. The second-order valence-corrected chi connectivity index (χ2v) is 5.35. The number of aromatic nitrogens is 1. The maximum absolute atomic E-state index is 6.31. The van der Waals surface area contributed by atoms with E-state index in [1.807, 2.05) is 12.3 Å². The molecule has 1 aromatic heterocycles. The van der Waals surface area contributed by atoms with Crippen molar-refractivity contribution in [2.75, 3.05) is 0 Å². The van der Waals surface area contributed by atoms with E-state index in [0.717, 1.165) is 17.9 Å². The molecule has 0 aliphatic rings. The van der Waals surface area contributed by atoms with Gasteiger partial charge in [-0.2, -0.15) is 0 Å². The van der Waals surface area contributed by atoms with Crippen molar-refractivity contribution in [1.29, 1.82) is 0 Å².